The second-order valence-corrected chi connectivity index (χ2v) is 7.52. The lowest BCUT2D eigenvalue weighted by molar-refractivity contribution is -0.137. The van der Waals surface area contributed by atoms with Gasteiger partial charge in [-0.3, -0.25) is 14.5 Å². The van der Waals surface area contributed by atoms with Crippen molar-refractivity contribution in [2.75, 3.05) is 15.1 Å². The number of carbonyl (C=O) groups excluding carboxylic acids is 2. The molecule has 31 heavy (non-hydrogen) atoms. The largest absolute Gasteiger partial charge is 0.417 e. The van der Waals surface area contributed by atoms with Crippen molar-refractivity contribution in [2.24, 2.45) is 0 Å². The number of rotatable bonds is 3. The van der Waals surface area contributed by atoms with Gasteiger partial charge in [0.25, 0.3) is 5.91 Å². The second-order valence-electron chi connectivity index (χ2n) is 7.52. The van der Waals surface area contributed by atoms with Gasteiger partial charge in [-0.15, -0.1) is 0 Å². The molecule has 2 amide bonds. The summed E-state index contributed by atoms with van der Waals surface area (Å²) >= 11 is 0. The summed E-state index contributed by atoms with van der Waals surface area (Å²) in [7, 11) is 0. The van der Waals surface area contributed by atoms with E-state index in [1.165, 1.54) is 19.1 Å². The van der Waals surface area contributed by atoms with Gasteiger partial charge in [0.1, 0.15) is 11.4 Å². The molecule has 0 atom stereocenters. The SMILES string of the molecule is C=C1N(c2ccc(C#N)c(C(F)(F)F)c2)C(=O)C(C)(C)N1c1ccc(NC(C)=O)cc1. The van der Waals surface area contributed by atoms with Gasteiger partial charge in [0.15, 0.2) is 0 Å². The van der Waals surface area contributed by atoms with Gasteiger partial charge in [-0.2, -0.15) is 18.4 Å². The summed E-state index contributed by atoms with van der Waals surface area (Å²) in [6.07, 6.45) is -4.75. The zero-order valence-corrected chi connectivity index (χ0v) is 17.0. The Morgan fingerprint density at radius 2 is 1.71 bits per heavy atom. The van der Waals surface area contributed by atoms with E-state index in [0.29, 0.717) is 11.4 Å². The van der Waals surface area contributed by atoms with E-state index >= 15 is 0 Å². The molecule has 6 nitrogen and oxygen atoms in total. The molecule has 1 aliphatic heterocycles. The van der Waals surface area contributed by atoms with E-state index in [2.05, 4.69) is 11.9 Å². The van der Waals surface area contributed by atoms with E-state index in [0.717, 1.165) is 17.0 Å². The standard InChI is InChI=1S/C22H19F3N4O2/c1-13(30)27-16-6-9-17(10-7-16)29-14(2)28(20(31)21(29,3)4)18-8-5-15(12-26)19(11-18)22(23,24)25/h5-11H,2H2,1,3-4H3,(H,27,30). The maximum Gasteiger partial charge on any atom is 0.417 e. The molecule has 3 rings (SSSR count). The lowest BCUT2D eigenvalue weighted by Crippen LogP contribution is -2.43. The maximum absolute atomic E-state index is 13.4. The second kappa shape index (κ2) is 7.47. The number of nitrogens with zero attached hydrogens (tertiary/aromatic N) is 3. The van der Waals surface area contributed by atoms with Gasteiger partial charge in [0, 0.05) is 18.3 Å². The van der Waals surface area contributed by atoms with E-state index in [9.17, 15) is 22.8 Å². The van der Waals surface area contributed by atoms with Crippen LogP contribution in [0, 0.1) is 11.3 Å². The van der Waals surface area contributed by atoms with Crippen molar-refractivity contribution in [1.29, 1.82) is 5.26 Å². The zero-order chi connectivity index (χ0) is 23.1. The van der Waals surface area contributed by atoms with Crippen molar-refractivity contribution in [3.05, 3.63) is 66.0 Å². The average molecular weight is 428 g/mol. The molecule has 1 aliphatic rings. The number of nitriles is 1. The van der Waals surface area contributed by atoms with Crippen molar-refractivity contribution < 1.29 is 22.8 Å². The number of hydrogen-bond donors (Lipinski definition) is 1. The molecule has 0 spiro atoms. The lowest BCUT2D eigenvalue weighted by atomic mass is 10.0. The topological polar surface area (TPSA) is 76.4 Å². The molecule has 160 valence electrons. The van der Waals surface area contributed by atoms with Crippen molar-refractivity contribution in [1.82, 2.24) is 0 Å². The van der Waals surface area contributed by atoms with Crippen molar-refractivity contribution >= 4 is 28.9 Å². The molecule has 0 aliphatic carbocycles. The Morgan fingerprint density at radius 1 is 1.13 bits per heavy atom. The number of amides is 2. The Bertz CT molecular complexity index is 1120. The number of halogens is 3. The van der Waals surface area contributed by atoms with Crippen molar-refractivity contribution in [3.63, 3.8) is 0 Å². The first-order valence-electron chi connectivity index (χ1n) is 9.20. The summed E-state index contributed by atoms with van der Waals surface area (Å²) in [5.41, 5.74) is -1.69. The van der Waals surface area contributed by atoms with Gasteiger partial charge in [0.05, 0.1) is 22.9 Å². The molecule has 2 aromatic carbocycles. The highest BCUT2D eigenvalue weighted by atomic mass is 19.4. The lowest BCUT2D eigenvalue weighted by Gasteiger charge is -2.30. The van der Waals surface area contributed by atoms with Crippen LogP contribution in [-0.4, -0.2) is 17.4 Å². The highest BCUT2D eigenvalue weighted by Crippen LogP contribution is 2.42. The van der Waals surface area contributed by atoms with Crippen LogP contribution in [0.3, 0.4) is 0 Å². The van der Waals surface area contributed by atoms with Gasteiger partial charge < -0.3 is 10.2 Å². The fraction of sp³-hybridized carbons (Fsp3) is 0.227. The van der Waals surface area contributed by atoms with Crippen LogP contribution < -0.4 is 15.1 Å². The number of benzene rings is 2. The molecule has 1 fully saturated rings. The summed E-state index contributed by atoms with van der Waals surface area (Å²) in [5.74, 6) is -0.539. The normalized spacial score (nSPS) is 15.8. The van der Waals surface area contributed by atoms with Gasteiger partial charge in [-0.25, -0.2) is 0 Å². The smallest absolute Gasteiger partial charge is 0.326 e. The highest BCUT2D eigenvalue weighted by Gasteiger charge is 2.49. The average Bonchev–Trinajstić information content (AvgIpc) is 2.85. The van der Waals surface area contributed by atoms with Crippen molar-refractivity contribution in [3.8, 4) is 6.07 Å². The monoisotopic (exact) mass is 428 g/mol. The molecule has 1 heterocycles. The molecule has 2 aromatic rings. The van der Waals surface area contributed by atoms with Crippen LogP contribution in [0.25, 0.3) is 0 Å². The van der Waals surface area contributed by atoms with Crippen LogP contribution in [0.5, 0.6) is 0 Å². The number of anilines is 3. The third-order valence-electron chi connectivity index (χ3n) is 4.93. The number of alkyl halides is 3. The summed E-state index contributed by atoms with van der Waals surface area (Å²) in [4.78, 5) is 27.1. The van der Waals surface area contributed by atoms with Crippen LogP contribution in [0.1, 0.15) is 31.9 Å². The first kappa shape index (κ1) is 21.9. The number of hydrogen-bond acceptors (Lipinski definition) is 4. The molecule has 0 bridgehead atoms. The van der Waals surface area contributed by atoms with Crippen LogP contribution in [-0.2, 0) is 15.8 Å². The molecule has 9 heteroatoms. The quantitative estimate of drug-likeness (QED) is 0.773. The van der Waals surface area contributed by atoms with Crippen LogP contribution in [0.2, 0.25) is 0 Å². The molecular weight excluding hydrogens is 409 g/mol. The molecule has 0 saturated carbocycles. The minimum atomic E-state index is -4.75. The third kappa shape index (κ3) is 3.84. The van der Waals surface area contributed by atoms with Crippen LogP contribution in [0.4, 0.5) is 30.2 Å². The Balaban J connectivity index is 2.04. The molecule has 0 unspecified atom stereocenters. The minimum absolute atomic E-state index is 0.0354. The van der Waals surface area contributed by atoms with E-state index in [1.807, 2.05) is 0 Å². The molecule has 1 N–H and O–H groups in total. The van der Waals surface area contributed by atoms with E-state index in [-0.39, 0.29) is 17.4 Å². The first-order chi connectivity index (χ1) is 14.4. The first-order valence-corrected chi connectivity index (χ1v) is 9.20. The summed E-state index contributed by atoms with van der Waals surface area (Å²) < 4.78 is 40.2. The van der Waals surface area contributed by atoms with Gasteiger partial charge in [-0.1, -0.05) is 6.58 Å². The van der Waals surface area contributed by atoms with Crippen LogP contribution in [0.15, 0.2) is 54.9 Å². The summed E-state index contributed by atoms with van der Waals surface area (Å²) in [6, 6.07) is 11.3. The number of carbonyl (C=O) groups is 2. The molecule has 0 aromatic heterocycles. The molecule has 0 radical (unpaired) electrons. The molecule has 1 saturated heterocycles. The Morgan fingerprint density at radius 3 is 2.23 bits per heavy atom. The third-order valence-corrected chi connectivity index (χ3v) is 4.93. The maximum atomic E-state index is 13.4. The minimum Gasteiger partial charge on any atom is -0.326 e. The van der Waals surface area contributed by atoms with Crippen molar-refractivity contribution in [2.45, 2.75) is 32.5 Å². The predicted molar refractivity (Wildman–Crippen MR) is 110 cm³/mol. The van der Waals surface area contributed by atoms with Gasteiger partial charge in [-0.05, 0) is 56.3 Å². The zero-order valence-electron chi connectivity index (χ0n) is 17.0. The Labute approximate surface area is 177 Å². The predicted octanol–water partition coefficient (Wildman–Crippen LogP) is 4.64. The summed E-state index contributed by atoms with van der Waals surface area (Å²) in [5, 5.41) is 11.6. The van der Waals surface area contributed by atoms with Crippen LogP contribution >= 0.6 is 0 Å². The summed E-state index contributed by atoms with van der Waals surface area (Å²) in [6.45, 7) is 8.58. The Hall–Kier alpha value is -3.80. The highest BCUT2D eigenvalue weighted by molar-refractivity contribution is 6.09. The van der Waals surface area contributed by atoms with Gasteiger partial charge in [0.2, 0.25) is 5.91 Å². The van der Waals surface area contributed by atoms with E-state index < -0.39 is 28.7 Å². The Kier molecular flexibility index (Phi) is 5.28. The van der Waals surface area contributed by atoms with E-state index in [1.54, 1.807) is 43.0 Å². The fourth-order valence-corrected chi connectivity index (χ4v) is 3.55. The van der Waals surface area contributed by atoms with E-state index in [4.69, 9.17) is 5.26 Å². The van der Waals surface area contributed by atoms with Gasteiger partial charge >= 0.3 is 6.18 Å². The molecular formula is C22H19F3N4O2. The number of nitrogens with one attached hydrogen (secondary N) is 1. The fourth-order valence-electron chi connectivity index (χ4n) is 3.55.